The van der Waals surface area contributed by atoms with E-state index in [-0.39, 0.29) is 5.91 Å². The first-order valence-corrected chi connectivity index (χ1v) is 6.53. The molecule has 2 rings (SSSR count). The van der Waals surface area contributed by atoms with Gasteiger partial charge in [0.15, 0.2) is 0 Å². The summed E-state index contributed by atoms with van der Waals surface area (Å²) in [5.74, 6) is 0.0461. The molecule has 0 spiro atoms. The fourth-order valence-corrected chi connectivity index (χ4v) is 2.15. The van der Waals surface area contributed by atoms with Crippen LogP contribution in [-0.2, 0) is 11.3 Å². The highest BCUT2D eigenvalue weighted by atomic mass is 16.1. The Morgan fingerprint density at radius 1 is 1.42 bits per heavy atom. The Morgan fingerprint density at radius 2 is 2.26 bits per heavy atom. The number of aromatic nitrogens is 2. The smallest absolute Gasteiger partial charge is 0.239 e. The van der Waals surface area contributed by atoms with Gasteiger partial charge in [0.1, 0.15) is 6.54 Å². The third kappa shape index (κ3) is 3.32. The van der Waals surface area contributed by atoms with Gasteiger partial charge in [-0.15, -0.1) is 0 Å². The SMILES string of the molecule is CNCCCNC(=O)Cn1cc(C)c2cnccc21. The van der Waals surface area contributed by atoms with E-state index < -0.39 is 0 Å². The van der Waals surface area contributed by atoms with Crippen molar-refractivity contribution in [2.75, 3.05) is 20.1 Å². The zero-order valence-electron chi connectivity index (χ0n) is 11.4. The maximum Gasteiger partial charge on any atom is 0.239 e. The Bertz CT molecular complexity index is 562. The summed E-state index contributed by atoms with van der Waals surface area (Å²) in [5, 5.41) is 7.08. The van der Waals surface area contributed by atoms with Crippen molar-refractivity contribution in [3.63, 3.8) is 0 Å². The summed E-state index contributed by atoms with van der Waals surface area (Å²) in [6.45, 7) is 4.01. The molecule has 0 radical (unpaired) electrons. The average molecular weight is 260 g/mol. The number of hydrogen-bond donors (Lipinski definition) is 2. The van der Waals surface area contributed by atoms with Crippen LogP contribution in [0.1, 0.15) is 12.0 Å². The van der Waals surface area contributed by atoms with E-state index >= 15 is 0 Å². The van der Waals surface area contributed by atoms with Crippen molar-refractivity contribution in [2.45, 2.75) is 19.9 Å². The minimum absolute atomic E-state index is 0.0461. The summed E-state index contributed by atoms with van der Waals surface area (Å²) < 4.78 is 1.97. The van der Waals surface area contributed by atoms with Crippen LogP contribution in [0.25, 0.3) is 10.9 Å². The number of fused-ring (bicyclic) bond motifs is 1. The molecule has 0 aliphatic rings. The van der Waals surface area contributed by atoms with Crippen LogP contribution in [0.15, 0.2) is 24.7 Å². The number of amides is 1. The highest BCUT2D eigenvalue weighted by Gasteiger charge is 2.08. The molecule has 19 heavy (non-hydrogen) atoms. The van der Waals surface area contributed by atoms with Gasteiger partial charge in [-0.2, -0.15) is 0 Å². The number of aryl methyl sites for hydroxylation is 1. The summed E-state index contributed by atoms with van der Waals surface area (Å²) in [7, 11) is 1.91. The second-order valence-electron chi connectivity index (χ2n) is 4.64. The molecule has 0 saturated heterocycles. The van der Waals surface area contributed by atoms with Crippen molar-refractivity contribution in [3.05, 3.63) is 30.2 Å². The molecule has 2 aromatic heterocycles. The van der Waals surface area contributed by atoms with Crippen molar-refractivity contribution in [2.24, 2.45) is 0 Å². The second kappa shape index (κ2) is 6.33. The molecule has 0 unspecified atom stereocenters. The third-order valence-corrected chi connectivity index (χ3v) is 3.12. The molecule has 102 valence electrons. The van der Waals surface area contributed by atoms with Crippen LogP contribution < -0.4 is 10.6 Å². The van der Waals surface area contributed by atoms with Crippen molar-refractivity contribution >= 4 is 16.8 Å². The zero-order chi connectivity index (χ0) is 13.7. The number of nitrogens with zero attached hydrogens (tertiary/aromatic N) is 2. The molecule has 0 bridgehead atoms. The molecule has 1 amide bonds. The monoisotopic (exact) mass is 260 g/mol. The topological polar surface area (TPSA) is 58.9 Å². The Kier molecular flexibility index (Phi) is 4.52. The lowest BCUT2D eigenvalue weighted by Crippen LogP contribution is -2.29. The van der Waals surface area contributed by atoms with E-state index in [0.717, 1.165) is 29.4 Å². The van der Waals surface area contributed by atoms with Crippen molar-refractivity contribution < 1.29 is 4.79 Å². The lowest BCUT2D eigenvalue weighted by atomic mass is 10.2. The highest BCUT2D eigenvalue weighted by Crippen LogP contribution is 2.18. The molecular formula is C14H20N4O. The maximum absolute atomic E-state index is 11.9. The molecule has 5 heteroatoms. The molecule has 2 N–H and O–H groups in total. The molecular weight excluding hydrogens is 240 g/mol. The van der Waals surface area contributed by atoms with Gasteiger partial charge < -0.3 is 15.2 Å². The average Bonchev–Trinajstić information content (AvgIpc) is 2.72. The number of pyridine rings is 1. The van der Waals surface area contributed by atoms with Crippen LogP contribution in [0, 0.1) is 6.92 Å². The minimum Gasteiger partial charge on any atom is -0.355 e. The fourth-order valence-electron chi connectivity index (χ4n) is 2.15. The van der Waals surface area contributed by atoms with E-state index in [1.165, 1.54) is 0 Å². The molecule has 0 aromatic carbocycles. The molecule has 0 aliphatic carbocycles. The summed E-state index contributed by atoms with van der Waals surface area (Å²) >= 11 is 0. The molecule has 0 fully saturated rings. The quantitative estimate of drug-likeness (QED) is 0.764. The van der Waals surface area contributed by atoms with Gasteiger partial charge in [-0.25, -0.2) is 0 Å². The predicted molar refractivity (Wildman–Crippen MR) is 76.0 cm³/mol. The number of nitrogens with one attached hydrogen (secondary N) is 2. The zero-order valence-corrected chi connectivity index (χ0v) is 11.4. The Hall–Kier alpha value is -1.88. The number of hydrogen-bond acceptors (Lipinski definition) is 3. The van der Waals surface area contributed by atoms with Gasteiger partial charge in [0, 0.05) is 30.5 Å². The van der Waals surface area contributed by atoms with E-state index in [9.17, 15) is 4.79 Å². The standard InChI is InChI=1S/C14H20N4O/c1-11-9-18(13-4-7-16-8-12(11)13)10-14(19)17-6-3-5-15-2/h4,7-9,15H,3,5-6,10H2,1-2H3,(H,17,19). The van der Waals surface area contributed by atoms with E-state index in [1.807, 2.05) is 37.0 Å². The van der Waals surface area contributed by atoms with E-state index in [2.05, 4.69) is 15.6 Å². The van der Waals surface area contributed by atoms with Crippen LogP contribution in [0.3, 0.4) is 0 Å². The summed E-state index contributed by atoms with van der Waals surface area (Å²) in [5.41, 5.74) is 2.20. The van der Waals surface area contributed by atoms with Crippen LogP contribution >= 0.6 is 0 Å². The fraction of sp³-hybridized carbons (Fsp3) is 0.429. The number of carbonyl (C=O) groups is 1. The largest absolute Gasteiger partial charge is 0.355 e. The first-order chi connectivity index (χ1) is 9.22. The molecule has 0 atom stereocenters. The lowest BCUT2D eigenvalue weighted by Gasteiger charge is -2.07. The maximum atomic E-state index is 11.9. The van der Waals surface area contributed by atoms with Gasteiger partial charge in [-0.3, -0.25) is 9.78 Å². The van der Waals surface area contributed by atoms with Gasteiger partial charge >= 0.3 is 0 Å². The molecule has 2 aromatic rings. The van der Waals surface area contributed by atoms with Crippen LogP contribution in [0.5, 0.6) is 0 Å². The van der Waals surface area contributed by atoms with Crippen molar-refractivity contribution in [1.29, 1.82) is 0 Å². The lowest BCUT2D eigenvalue weighted by molar-refractivity contribution is -0.121. The summed E-state index contributed by atoms with van der Waals surface area (Å²) in [6, 6.07) is 1.94. The summed E-state index contributed by atoms with van der Waals surface area (Å²) in [6.07, 6.45) is 6.53. The minimum atomic E-state index is 0.0461. The third-order valence-electron chi connectivity index (χ3n) is 3.12. The van der Waals surface area contributed by atoms with Gasteiger partial charge in [-0.05, 0) is 38.6 Å². The van der Waals surface area contributed by atoms with Crippen LogP contribution in [0.4, 0.5) is 0 Å². The first-order valence-electron chi connectivity index (χ1n) is 6.53. The Labute approximate surface area is 113 Å². The second-order valence-corrected chi connectivity index (χ2v) is 4.64. The molecule has 0 saturated carbocycles. The molecule has 0 aliphatic heterocycles. The molecule has 5 nitrogen and oxygen atoms in total. The van der Waals surface area contributed by atoms with Gasteiger partial charge in [0.25, 0.3) is 0 Å². The predicted octanol–water partition coefficient (Wildman–Crippen LogP) is 1.07. The summed E-state index contributed by atoms with van der Waals surface area (Å²) in [4.78, 5) is 16.0. The van der Waals surface area contributed by atoms with E-state index in [1.54, 1.807) is 6.20 Å². The van der Waals surface area contributed by atoms with Gasteiger partial charge in [-0.1, -0.05) is 0 Å². The normalized spacial score (nSPS) is 10.8. The van der Waals surface area contributed by atoms with Gasteiger partial charge in [0.2, 0.25) is 5.91 Å². The first kappa shape index (κ1) is 13.5. The van der Waals surface area contributed by atoms with Crippen molar-refractivity contribution in [1.82, 2.24) is 20.2 Å². The Morgan fingerprint density at radius 3 is 3.05 bits per heavy atom. The van der Waals surface area contributed by atoms with Gasteiger partial charge in [0.05, 0.1) is 5.52 Å². The Balaban J connectivity index is 1.99. The number of rotatable bonds is 6. The van der Waals surface area contributed by atoms with Crippen molar-refractivity contribution in [3.8, 4) is 0 Å². The van der Waals surface area contributed by atoms with Crippen LogP contribution in [-0.4, -0.2) is 35.6 Å². The highest BCUT2D eigenvalue weighted by molar-refractivity contribution is 5.85. The van der Waals surface area contributed by atoms with E-state index in [4.69, 9.17) is 0 Å². The number of carbonyl (C=O) groups excluding carboxylic acids is 1. The van der Waals surface area contributed by atoms with E-state index in [0.29, 0.717) is 13.1 Å². The molecule has 2 heterocycles. The van der Waals surface area contributed by atoms with Crippen LogP contribution in [0.2, 0.25) is 0 Å².